The minimum Gasteiger partial charge on any atom is -0.494 e. The number of hydrogen-bond acceptors (Lipinski definition) is 3. The Morgan fingerprint density at radius 2 is 1.39 bits per heavy atom. The molecule has 0 spiro atoms. The summed E-state index contributed by atoms with van der Waals surface area (Å²) < 4.78 is 5.66. The Kier molecular flexibility index (Phi) is 7.06. The molecule has 4 rings (SSSR count). The minimum absolute atomic E-state index is 0.0906. The fourth-order valence-electron chi connectivity index (χ4n) is 4.80. The van der Waals surface area contributed by atoms with Gasteiger partial charge in [0, 0.05) is 12.5 Å². The molecule has 31 heavy (non-hydrogen) atoms. The van der Waals surface area contributed by atoms with Crippen LogP contribution in [0.5, 0.6) is 5.75 Å². The number of likely N-dealkylation sites (tertiary alicyclic amines) is 1. The van der Waals surface area contributed by atoms with Crippen LogP contribution in [-0.2, 0) is 5.60 Å². The Hall–Kier alpha value is -2.62. The van der Waals surface area contributed by atoms with Crippen molar-refractivity contribution in [3.05, 3.63) is 102 Å². The molecule has 1 heterocycles. The van der Waals surface area contributed by atoms with Crippen molar-refractivity contribution in [1.82, 2.24) is 4.90 Å². The second-order valence-corrected chi connectivity index (χ2v) is 8.41. The van der Waals surface area contributed by atoms with Gasteiger partial charge in [0.15, 0.2) is 0 Å². The van der Waals surface area contributed by atoms with Gasteiger partial charge in [0.25, 0.3) is 0 Å². The molecule has 0 aliphatic carbocycles. The van der Waals surface area contributed by atoms with Crippen LogP contribution in [0.4, 0.5) is 0 Å². The molecule has 0 saturated carbocycles. The summed E-state index contributed by atoms with van der Waals surface area (Å²) >= 11 is 0. The van der Waals surface area contributed by atoms with E-state index in [2.05, 4.69) is 29.2 Å². The van der Waals surface area contributed by atoms with Crippen LogP contribution in [0, 0.1) is 0 Å². The van der Waals surface area contributed by atoms with Crippen molar-refractivity contribution < 1.29 is 9.84 Å². The Morgan fingerprint density at radius 1 is 0.806 bits per heavy atom. The fraction of sp³-hybridized carbons (Fsp3) is 0.357. The molecular formula is C28H33NO2. The molecule has 1 saturated heterocycles. The van der Waals surface area contributed by atoms with Gasteiger partial charge in [-0.15, -0.1) is 0 Å². The first-order chi connectivity index (χ1) is 15.2. The van der Waals surface area contributed by atoms with Gasteiger partial charge >= 0.3 is 0 Å². The smallest absolute Gasteiger partial charge is 0.123 e. The Bertz CT molecular complexity index is 920. The first kappa shape index (κ1) is 21.6. The fourth-order valence-corrected chi connectivity index (χ4v) is 4.80. The van der Waals surface area contributed by atoms with Crippen LogP contribution in [0.3, 0.4) is 0 Å². The molecule has 2 atom stereocenters. The molecule has 1 N–H and O–H groups in total. The van der Waals surface area contributed by atoms with E-state index in [4.69, 9.17) is 4.74 Å². The van der Waals surface area contributed by atoms with Gasteiger partial charge in [0.05, 0.1) is 6.61 Å². The first-order valence-corrected chi connectivity index (χ1v) is 11.5. The first-order valence-electron chi connectivity index (χ1n) is 11.5. The molecule has 0 aromatic heterocycles. The Morgan fingerprint density at radius 3 is 2.00 bits per heavy atom. The number of hydrogen-bond donors (Lipinski definition) is 1. The molecular weight excluding hydrogens is 382 g/mol. The summed E-state index contributed by atoms with van der Waals surface area (Å²) in [5.41, 5.74) is 1.83. The lowest BCUT2D eigenvalue weighted by atomic mass is 9.72. The highest BCUT2D eigenvalue weighted by Gasteiger charge is 2.42. The van der Waals surface area contributed by atoms with Gasteiger partial charge < -0.3 is 14.7 Å². The van der Waals surface area contributed by atoms with Crippen molar-refractivity contribution in [3.8, 4) is 5.75 Å². The molecule has 0 bridgehead atoms. The van der Waals surface area contributed by atoms with Crippen molar-refractivity contribution in [2.45, 2.75) is 37.7 Å². The van der Waals surface area contributed by atoms with Crippen LogP contribution in [0.1, 0.15) is 48.8 Å². The molecule has 1 fully saturated rings. The van der Waals surface area contributed by atoms with E-state index in [0.29, 0.717) is 6.61 Å². The van der Waals surface area contributed by atoms with E-state index >= 15 is 0 Å². The summed E-state index contributed by atoms with van der Waals surface area (Å²) in [6.07, 6.45) is 3.76. The van der Waals surface area contributed by atoms with Crippen molar-refractivity contribution >= 4 is 0 Å². The van der Waals surface area contributed by atoms with Gasteiger partial charge in [-0.2, -0.15) is 0 Å². The van der Waals surface area contributed by atoms with Gasteiger partial charge in [-0.05, 0) is 61.7 Å². The van der Waals surface area contributed by atoms with E-state index in [0.717, 1.165) is 42.1 Å². The maximum atomic E-state index is 12.6. The second kappa shape index (κ2) is 10.1. The molecule has 3 aromatic rings. The predicted molar refractivity (Wildman–Crippen MR) is 127 cm³/mol. The lowest BCUT2D eigenvalue weighted by Gasteiger charge is -2.41. The van der Waals surface area contributed by atoms with E-state index in [1.54, 1.807) is 0 Å². The van der Waals surface area contributed by atoms with Crippen LogP contribution in [0.15, 0.2) is 84.9 Å². The quantitative estimate of drug-likeness (QED) is 0.520. The largest absolute Gasteiger partial charge is 0.494 e. The Balaban J connectivity index is 1.81. The highest BCUT2D eigenvalue weighted by atomic mass is 16.5. The molecule has 0 radical (unpaired) electrons. The average Bonchev–Trinajstić information content (AvgIpc) is 2.84. The third-order valence-electron chi connectivity index (χ3n) is 6.42. The summed E-state index contributed by atoms with van der Waals surface area (Å²) in [6.45, 7) is 5.62. The number of ether oxygens (including phenoxy) is 1. The summed E-state index contributed by atoms with van der Waals surface area (Å²) in [7, 11) is 0. The SMILES string of the molecule is CCOc1ccc([C@@](O)(c2ccccc2)[C@H](CN2CCCCC2)c2ccccc2)cc1. The topological polar surface area (TPSA) is 32.7 Å². The molecule has 3 aromatic carbocycles. The molecule has 1 aliphatic rings. The summed E-state index contributed by atoms with van der Waals surface area (Å²) in [6, 6.07) is 28.6. The Labute approximate surface area is 186 Å². The summed E-state index contributed by atoms with van der Waals surface area (Å²) in [5.74, 6) is 0.737. The zero-order valence-corrected chi connectivity index (χ0v) is 18.4. The van der Waals surface area contributed by atoms with E-state index in [1.807, 2.05) is 67.6 Å². The van der Waals surface area contributed by atoms with E-state index in [1.165, 1.54) is 19.3 Å². The van der Waals surface area contributed by atoms with Gasteiger partial charge in [-0.25, -0.2) is 0 Å². The number of rotatable bonds is 8. The lowest BCUT2D eigenvalue weighted by molar-refractivity contribution is 0.0310. The normalized spacial score (nSPS) is 17.6. The molecule has 0 amide bonds. The molecule has 3 nitrogen and oxygen atoms in total. The molecule has 3 heteroatoms. The van der Waals surface area contributed by atoms with Gasteiger partial charge in [-0.3, -0.25) is 0 Å². The highest BCUT2D eigenvalue weighted by molar-refractivity contribution is 5.43. The number of benzene rings is 3. The average molecular weight is 416 g/mol. The standard InChI is InChI=1S/C28H33NO2/c1-2-31-26-18-16-25(17-19-26)28(30,24-14-8-4-9-15-24)27(23-12-6-3-7-13-23)22-29-20-10-5-11-21-29/h3-4,6-9,12-19,27,30H,2,5,10-11,20-22H2,1H3/t27-,28+/m1/s1. The zero-order valence-electron chi connectivity index (χ0n) is 18.4. The van der Waals surface area contributed by atoms with E-state index in [9.17, 15) is 5.11 Å². The number of piperidine rings is 1. The monoisotopic (exact) mass is 415 g/mol. The molecule has 1 aliphatic heterocycles. The van der Waals surface area contributed by atoms with E-state index in [-0.39, 0.29) is 5.92 Å². The van der Waals surface area contributed by atoms with Crippen LogP contribution < -0.4 is 4.74 Å². The van der Waals surface area contributed by atoms with Gasteiger partial charge in [0.1, 0.15) is 11.4 Å². The zero-order chi connectivity index (χ0) is 21.5. The lowest BCUT2D eigenvalue weighted by Crippen LogP contribution is -2.43. The highest BCUT2D eigenvalue weighted by Crippen LogP contribution is 2.43. The van der Waals surface area contributed by atoms with Crippen LogP contribution in [-0.4, -0.2) is 36.2 Å². The maximum Gasteiger partial charge on any atom is 0.123 e. The van der Waals surface area contributed by atoms with E-state index < -0.39 is 5.60 Å². The van der Waals surface area contributed by atoms with Crippen molar-refractivity contribution in [1.29, 1.82) is 0 Å². The van der Waals surface area contributed by atoms with Gasteiger partial charge in [0.2, 0.25) is 0 Å². The third-order valence-corrected chi connectivity index (χ3v) is 6.42. The second-order valence-electron chi connectivity index (χ2n) is 8.41. The van der Waals surface area contributed by atoms with Crippen molar-refractivity contribution in [2.24, 2.45) is 0 Å². The summed E-state index contributed by atoms with van der Waals surface area (Å²) in [4.78, 5) is 2.52. The van der Waals surface area contributed by atoms with Crippen molar-refractivity contribution in [2.75, 3.05) is 26.2 Å². The van der Waals surface area contributed by atoms with Crippen molar-refractivity contribution in [3.63, 3.8) is 0 Å². The van der Waals surface area contributed by atoms with Gasteiger partial charge in [-0.1, -0.05) is 79.2 Å². The number of aliphatic hydroxyl groups is 1. The van der Waals surface area contributed by atoms with Crippen LogP contribution in [0.2, 0.25) is 0 Å². The van der Waals surface area contributed by atoms with Crippen LogP contribution >= 0.6 is 0 Å². The van der Waals surface area contributed by atoms with Crippen LogP contribution in [0.25, 0.3) is 0 Å². The molecule has 0 unspecified atom stereocenters. The summed E-state index contributed by atoms with van der Waals surface area (Å²) in [5, 5.41) is 12.6. The predicted octanol–water partition coefficient (Wildman–Crippen LogP) is 5.59. The molecule has 162 valence electrons. The minimum atomic E-state index is -1.15. The third kappa shape index (κ3) is 4.84. The number of nitrogens with zero attached hydrogens (tertiary/aromatic N) is 1. The maximum absolute atomic E-state index is 12.6.